The molecule has 1 aliphatic rings. The second-order valence-electron chi connectivity index (χ2n) is 5.28. The van der Waals surface area contributed by atoms with Crippen LogP contribution in [0.2, 0.25) is 0 Å². The van der Waals surface area contributed by atoms with Crippen molar-refractivity contribution in [1.82, 2.24) is 0 Å². The average molecular weight is 325 g/mol. The molecule has 7 nitrogen and oxygen atoms in total. The Kier molecular flexibility index (Phi) is 3.67. The molecule has 8 heteroatoms. The highest BCUT2D eigenvalue weighted by Gasteiger charge is 2.23. The molecular weight excluding hydrogens is 310 g/mol. The van der Waals surface area contributed by atoms with E-state index >= 15 is 0 Å². The molecule has 0 bridgehead atoms. The van der Waals surface area contributed by atoms with Gasteiger partial charge in [0.05, 0.1) is 11.7 Å². The van der Waals surface area contributed by atoms with Crippen molar-refractivity contribution in [2.45, 2.75) is 31.8 Å². The van der Waals surface area contributed by atoms with E-state index in [1.807, 2.05) is 0 Å². The van der Waals surface area contributed by atoms with Crippen molar-refractivity contribution in [3.05, 3.63) is 39.7 Å². The van der Waals surface area contributed by atoms with Crippen molar-refractivity contribution >= 4 is 21.3 Å². The van der Waals surface area contributed by atoms with Crippen LogP contribution in [-0.4, -0.2) is 13.5 Å². The number of nitrogens with two attached hydrogens (primary N) is 1. The molecule has 0 amide bonds. The minimum absolute atomic E-state index is 0.0349. The summed E-state index contributed by atoms with van der Waals surface area (Å²) in [7, 11) is -4.15. The molecule has 0 fully saturated rings. The van der Waals surface area contributed by atoms with Gasteiger partial charge >= 0.3 is 15.9 Å². The van der Waals surface area contributed by atoms with Gasteiger partial charge in [-0.1, -0.05) is 6.42 Å². The first-order valence-corrected chi connectivity index (χ1v) is 8.32. The number of hydrogen-bond donors (Lipinski definition) is 2. The van der Waals surface area contributed by atoms with Crippen LogP contribution in [0.3, 0.4) is 0 Å². The highest BCUT2D eigenvalue weighted by Crippen LogP contribution is 2.32. The molecule has 2 aromatic rings. The Morgan fingerprint density at radius 3 is 2.82 bits per heavy atom. The Morgan fingerprint density at radius 1 is 1.32 bits per heavy atom. The first kappa shape index (κ1) is 15.0. The van der Waals surface area contributed by atoms with E-state index in [0.29, 0.717) is 23.8 Å². The number of aliphatic hydroxyl groups is 1. The standard InChI is InChI=1S/C14H15NO6S/c15-22(18,19)21-8-5-6-9-10-3-1-2-4-11(16)13(10)14(17)20-12(9)7-8/h5-7,11,16H,1-4H2,(H2,15,18,19). The number of aryl methyl sites for hydroxylation is 1. The van der Waals surface area contributed by atoms with Crippen molar-refractivity contribution < 1.29 is 22.1 Å². The lowest BCUT2D eigenvalue weighted by Crippen LogP contribution is -2.19. The molecule has 0 spiro atoms. The van der Waals surface area contributed by atoms with Gasteiger partial charge in [0.25, 0.3) is 0 Å². The summed E-state index contributed by atoms with van der Waals surface area (Å²) in [4.78, 5) is 12.1. The molecule has 1 unspecified atom stereocenters. The van der Waals surface area contributed by atoms with E-state index in [1.54, 1.807) is 6.07 Å². The monoisotopic (exact) mass is 325 g/mol. The first-order valence-electron chi connectivity index (χ1n) is 6.85. The van der Waals surface area contributed by atoms with Gasteiger partial charge in [0.1, 0.15) is 11.3 Å². The summed E-state index contributed by atoms with van der Waals surface area (Å²) in [6.45, 7) is 0. The van der Waals surface area contributed by atoms with Crippen LogP contribution in [0.1, 0.15) is 36.5 Å². The summed E-state index contributed by atoms with van der Waals surface area (Å²) >= 11 is 0. The minimum Gasteiger partial charge on any atom is -0.422 e. The van der Waals surface area contributed by atoms with Crippen LogP contribution in [0.25, 0.3) is 11.0 Å². The van der Waals surface area contributed by atoms with Gasteiger partial charge in [0, 0.05) is 11.5 Å². The number of hydrogen-bond acceptors (Lipinski definition) is 6. The zero-order chi connectivity index (χ0) is 15.9. The molecule has 0 saturated heterocycles. The molecule has 0 aliphatic heterocycles. The van der Waals surface area contributed by atoms with Gasteiger partial charge in [-0.2, -0.15) is 13.6 Å². The Labute approximate surface area is 126 Å². The van der Waals surface area contributed by atoms with E-state index in [4.69, 9.17) is 9.56 Å². The topological polar surface area (TPSA) is 120 Å². The van der Waals surface area contributed by atoms with Crippen molar-refractivity contribution in [3.8, 4) is 5.75 Å². The van der Waals surface area contributed by atoms with Crippen LogP contribution < -0.4 is 14.9 Å². The fourth-order valence-corrected chi connectivity index (χ4v) is 3.21. The van der Waals surface area contributed by atoms with Crippen LogP contribution in [-0.2, 0) is 16.7 Å². The molecule has 0 saturated carbocycles. The van der Waals surface area contributed by atoms with E-state index in [1.165, 1.54) is 12.1 Å². The highest BCUT2D eigenvalue weighted by atomic mass is 32.2. The van der Waals surface area contributed by atoms with Gasteiger partial charge in [-0.3, -0.25) is 0 Å². The molecular formula is C14H15NO6S. The molecule has 1 aromatic carbocycles. The Hall–Kier alpha value is -1.90. The van der Waals surface area contributed by atoms with Crippen molar-refractivity contribution in [3.63, 3.8) is 0 Å². The lowest BCUT2D eigenvalue weighted by Gasteiger charge is -2.12. The number of fused-ring (bicyclic) bond motifs is 3. The van der Waals surface area contributed by atoms with Gasteiger partial charge < -0.3 is 13.7 Å². The smallest absolute Gasteiger partial charge is 0.380 e. The molecule has 22 heavy (non-hydrogen) atoms. The molecule has 3 N–H and O–H groups in total. The van der Waals surface area contributed by atoms with Crippen LogP contribution in [0.15, 0.2) is 27.4 Å². The van der Waals surface area contributed by atoms with Crippen LogP contribution in [0.5, 0.6) is 5.75 Å². The van der Waals surface area contributed by atoms with Gasteiger partial charge in [0.2, 0.25) is 0 Å². The zero-order valence-electron chi connectivity index (χ0n) is 11.6. The largest absolute Gasteiger partial charge is 0.422 e. The van der Waals surface area contributed by atoms with E-state index in [9.17, 15) is 18.3 Å². The molecule has 1 aromatic heterocycles. The maximum atomic E-state index is 12.1. The summed E-state index contributed by atoms with van der Waals surface area (Å²) in [6, 6.07) is 4.35. The lowest BCUT2D eigenvalue weighted by atomic mass is 9.99. The third kappa shape index (κ3) is 2.85. The third-order valence-electron chi connectivity index (χ3n) is 3.73. The predicted octanol–water partition coefficient (Wildman–Crippen LogP) is 1.14. The molecule has 118 valence electrons. The number of rotatable bonds is 2. The van der Waals surface area contributed by atoms with Crippen LogP contribution >= 0.6 is 0 Å². The second-order valence-corrected chi connectivity index (χ2v) is 6.43. The maximum absolute atomic E-state index is 12.1. The van der Waals surface area contributed by atoms with E-state index in [0.717, 1.165) is 18.4 Å². The van der Waals surface area contributed by atoms with E-state index in [2.05, 4.69) is 4.18 Å². The summed E-state index contributed by atoms with van der Waals surface area (Å²) in [5, 5.41) is 15.6. The quantitative estimate of drug-likeness (QED) is 0.631. The van der Waals surface area contributed by atoms with E-state index < -0.39 is 22.0 Å². The molecule has 1 aliphatic carbocycles. The van der Waals surface area contributed by atoms with Crippen LogP contribution in [0, 0.1) is 0 Å². The normalized spacial score (nSPS) is 18.7. The summed E-state index contributed by atoms with van der Waals surface area (Å²) in [5.74, 6) is -0.0349. The summed E-state index contributed by atoms with van der Waals surface area (Å²) in [5.41, 5.74) is 0.646. The predicted molar refractivity (Wildman–Crippen MR) is 78.7 cm³/mol. The van der Waals surface area contributed by atoms with Crippen molar-refractivity contribution in [2.75, 3.05) is 0 Å². The third-order valence-corrected chi connectivity index (χ3v) is 4.15. The Morgan fingerprint density at radius 2 is 2.09 bits per heavy atom. The van der Waals surface area contributed by atoms with Gasteiger partial charge in [-0.15, -0.1) is 0 Å². The lowest BCUT2D eigenvalue weighted by molar-refractivity contribution is 0.162. The number of benzene rings is 1. The Bertz CT molecular complexity index is 886. The second kappa shape index (κ2) is 5.38. The maximum Gasteiger partial charge on any atom is 0.380 e. The van der Waals surface area contributed by atoms with Crippen molar-refractivity contribution in [1.29, 1.82) is 0 Å². The highest BCUT2D eigenvalue weighted by molar-refractivity contribution is 7.84. The SMILES string of the molecule is NS(=O)(=O)Oc1ccc2c3c(c(=O)oc2c1)C(O)CCCC3. The molecule has 3 rings (SSSR count). The van der Waals surface area contributed by atoms with Crippen LogP contribution in [0.4, 0.5) is 0 Å². The van der Waals surface area contributed by atoms with E-state index in [-0.39, 0.29) is 11.3 Å². The summed E-state index contributed by atoms with van der Waals surface area (Å²) in [6.07, 6.45) is 2.03. The Balaban J connectivity index is 2.21. The zero-order valence-corrected chi connectivity index (χ0v) is 12.4. The first-order chi connectivity index (χ1) is 10.3. The fourth-order valence-electron chi connectivity index (χ4n) is 2.84. The molecule has 1 heterocycles. The number of aliphatic hydroxyl groups excluding tert-OH is 1. The fraction of sp³-hybridized carbons (Fsp3) is 0.357. The van der Waals surface area contributed by atoms with Gasteiger partial charge in [0.15, 0.2) is 0 Å². The average Bonchev–Trinajstić information content (AvgIpc) is 2.59. The van der Waals surface area contributed by atoms with Crippen molar-refractivity contribution in [2.24, 2.45) is 5.14 Å². The van der Waals surface area contributed by atoms with Gasteiger partial charge in [-0.05, 0) is 37.0 Å². The molecule has 1 atom stereocenters. The molecule has 0 radical (unpaired) electrons. The minimum atomic E-state index is -4.15. The summed E-state index contributed by atoms with van der Waals surface area (Å²) < 4.78 is 31.7. The van der Waals surface area contributed by atoms with Gasteiger partial charge in [-0.25, -0.2) is 4.79 Å².